The average molecular weight is 414 g/mol. The molecule has 0 radical (unpaired) electrons. The Labute approximate surface area is 171 Å². The summed E-state index contributed by atoms with van der Waals surface area (Å²) in [5, 5.41) is 8.88. The van der Waals surface area contributed by atoms with E-state index in [1.807, 2.05) is 23.1 Å². The molecule has 0 atom stereocenters. The average Bonchev–Trinajstić information content (AvgIpc) is 3.18. The molecule has 9 nitrogen and oxygen atoms in total. The van der Waals surface area contributed by atoms with Crippen LogP contribution in [0.5, 0.6) is 0 Å². The van der Waals surface area contributed by atoms with Gasteiger partial charge in [-0.3, -0.25) is 14.9 Å². The van der Waals surface area contributed by atoms with Crippen LogP contribution in [0, 0.1) is 0 Å². The van der Waals surface area contributed by atoms with E-state index < -0.39 is 5.69 Å². The van der Waals surface area contributed by atoms with Crippen LogP contribution in [0.1, 0.15) is 16.2 Å². The van der Waals surface area contributed by atoms with Crippen LogP contribution in [0.15, 0.2) is 47.5 Å². The number of nitrogens with zero attached hydrogens (tertiary/aromatic N) is 4. The van der Waals surface area contributed by atoms with Gasteiger partial charge in [-0.1, -0.05) is 11.6 Å². The van der Waals surface area contributed by atoms with E-state index in [4.69, 9.17) is 11.6 Å². The number of H-pyrrole nitrogens is 2. The molecule has 150 valence electrons. The van der Waals surface area contributed by atoms with Gasteiger partial charge in [-0.2, -0.15) is 4.98 Å². The van der Waals surface area contributed by atoms with E-state index in [1.165, 1.54) is 0 Å². The van der Waals surface area contributed by atoms with E-state index in [9.17, 15) is 9.59 Å². The van der Waals surface area contributed by atoms with Gasteiger partial charge in [0.25, 0.3) is 5.91 Å². The second-order valence-corrected chi connectivity index (χ2v) is 7.06. The molecule has 0 aliphatic carbocycles. The van der Waals surface area contributed by atoms with Gasteiger partial charge in [0.1, 0.15) is 5.82 Å². The van der Waals surface area contributed by atoms with Gasteiger partial charge in [0.2, 0.25) is 0 Å². The fourth-order valence-corrected chi connectivity index (χ4v) is 3.57. The lowest BCUT2D eigenvalue weighted by Crippen LogP contribution is -2.48. The van der Waals surface area contributed by atoms with E-state index in [-0.39, 0.29) is 5.91 Å². The molecule has 29 heavy (non-hydrogen) atoms. The van der Waals surface area contributed by atoms with Crippen LogP contribution in [0.2, 0.25) is 5.02 Å². The highest BCUT2D eigenvalue weighted by Crippen LogP contribution is 2.30. The number of aromatic nitrogens is 4. The van der Waals surface area contributed by atoms with Crippen molar-refractivity contribution in [3.8, 4) is 0 Å². The van der Waals surface area contributed by atoms with Gasteiger partial charge in [-0.05, 0) is 30.3 Å². The van der Waals surface area contributed by atoms with Crippen molar-refractivity contribution in [1.82, 2.24) is 25.1 Å². The predicted octanol–water partition coefficient (Wildman–Crippen LogP) is 1.72. The van der Waals surface area contributed by atoms with Crippen molar-refractivity contribution in [1.29, 1.82) is 0 Å². The number of piperazine rings is 1. The van der Waals surface area contributed by atoms with Gasteiger partial charge in [0, 0.05) is 44.3 Å². The maximum Gasteiger partial charge on any atom is 0.361 e. The fourth-order valence-electron chi connectivity index (χ4n) is 3.27. The van der Waals surface area contributed by atoms with Crippen LogP contribution < -0.4 is 15.9 Å². The Morgan fingerprint density at radius 2 is 2.00 bits per heavy atom. The summed E-state index contributed by atoms with van der Waals surface area (Å²) in [6.07, 6.45) is 3.25. The highest BCUT2D eigenvalue weighted by atomic mass is 35.5. The van der Waals surface area contributed by atoms with Crippen LogP contribution in [0.4, 0.5) is 11.4 Å². The first-order valence-corrected chi connectivity index (χ1v) is 9.59. The summed E-state index contributed by atoms with van der Waals surface area (Å²) in [5.41, 5.74) is 1.95. The molecular formula is C19H20ClN7O2. The van der Waals surface area contributed by atoms with Crippen LogP contribution in [0.25, 0.3) is 0 Å². The number of nitrogens with one attached hydrogen (secondary N) is 3. The smallest absolute Gasteiger partial charge is 0.361 e. The van der Waals surface area contributed by atoms with E-state index in [2.05, 4.69) is 30.4 Å². The minimum atomic E-state index is -0.406. The highest BCUT2D eigenvalue weighted by molar-refractivity contribution is 6.33. The molecule has 1 amide bonds. The van der Waals surface area contributed by atoms with Gasteiger partial charge in [0.05, 0.1) is 22.8 Å². The van der Waals surface area contributed by atoms with Gasteiger partial charge in [0.15, 0.2) is 0 Å². The first kappa shape index (κ1) is 19.0. The Bertz CT molecular complexity index is 1040. The first-order chi connectivity index (χ1) is 14.1. The van der Waals surface area contributed by atoms with Gasteiger partial charge >= 0.3 is 5.69 Å². The highest BCUT2D eigenvalue weighted by Gasteiger charge is 2.23. The first-order valence-electron chi connectivity index (χ1n) is 9.21. The number of carbonyl (C=O) groups is 1. The van der Waals surface area contributed by atoms with Crippen LogP contribution >= 0.6 is 11.6 Å². The zero-order chi connectivity index (χ0) is 20.2. The third kappa shape index (κ3) is 4.40. The zero-order valence-corrected chi connectivity index (χ0v) is 16.3. The molecule has 1 aromatic carbocycles. The molecule has 0 spiro atoms. The van der Waals surface area contributed by atoms with Gasteiger partial charge < -0.3 is 15.1 Å². The van der Waals surface area contributed by atoms with E-state index in [0.717, 1.165) is 11.4 Å². The molecule has 0 unspecified atom stereocenters. The molecule has 4 rings (SSSR count). The summed E-state index contributed by atoms with van der Waals surface area (Å²) in [6.45, 7) is 3.02. The molecule has 10 heteroatoms. The minimum absolute atomic E-state index is 0.000183. The van der Waals surface area contributed by atoms with Crippen molar-refractivity contribution in [2.75, 3.05) is 36.4 Å². The molecule has 3 aromatic rings. The normalized spacial score (nSPS) is 14.1. The topological polar surface area (TPSA) is 110 Å². The lowest BCUT2D eigenvalue weighted by Gasteiger charge is -2.36. The Morgan fingerprint density at radius 3 is 2.66 bits per heavy atom. The monoisotopic (exact) mass is 413 g/mol. The van der Waals surface area contributed by atoms with Crippen LogP contribution in [-0.2, 0) is 6.54 Å². The number of benzene rings is 1. The van der Waals surface area contributed by atoms with E-state index >= 15 is 0 Å². The maximum absolute atomic E-state index is 12.5. The van der Waals surface area contributed by atoms with E-state index in [0.29, 0.717) is 49.1 Å². The van der Waals surface area contributed by atoms with Crippen molar-refractivity contribution in [3.05, 3.63) is 69.6 Å². The van der Waals surface area contributed by atoms with Crippen LogP contribution in [-0.4, -0.2) is 57.2 Å². The molecule has 1 fully saturated rings. The Morgan fingerprint density at radius 1 is 1.17 bits per heavy atom. The standard InChI is InChI=1S/C19H20ClN7O2/c20-15-10-14(22-12-17-23-19(29)25-24-17)3-4-16(15)26-6-8-27(9-7-26)18(28)13-2-1-5-21-11-13/h1-5,10-11,22H,6-9,12H2,(H2,23,24,25,29). The van der Waals surface area contributed by atoms with Crippen molar-refractivity contribution in [2.24, 2.45) is 0 Å². The molecule has 1 aliphatic rings. The Balaban J connectivity index is 1.36. The zero-order valence-electron chi connectivity index (χ0n) is 15.6. The second kappa shape index (κ2) is 8.36. The summed E-state index contributed by atoms with van der Waals surface area (Å²) in [5.74, 6) is 0.518. The summed E-state index contributed by atoms with van der Waals surface area (Å²) >= 11 is 6.49. The number of hydrogen-bond acceptors (Lipinski definition) is 6. The van der Waals surface area contributed by atoms with Crippen molar-refractivity contribution in [3.63, 3.8) is 0 Å². The largest absolute Gasteiger partial charge is 0.378 e. The number of carbonyl (C=O) groups excluding carboxylic acids is 1. The van der Waals surface area contributed by atoms with Gasteiger partial charge in [-0.25, -0.2) is 9.89 Å². The SMILES string of the molecule is O=C(c1cccnc1)N1CCN(c2ccc(NCc3nc(=O)[nH][nH]3)cc2Cl)CC1. The molecule has 1 saturated heterocycles. The Hall–Kier alpha value is -3.33. The number of anilines is 2. The maximum atomic E-state index is 12.5. The summed E-state index contributed by atoms with van der Waals surface area (Å²) in [6, 6.07) is 9.27. The number of pyridine rings is 1. The third-order valence-electron chi connectivity index (χ3n) is 4.77. The molecule has 2 aromatic heterocycles. The Kier molecular flexibility index (Phi) is 5.48. The molecule has 0 bridgehead atoms. The second-order valence-electron chi connectivity index (χ2n) is 6.65. The quantitative estimate of drug-likeness (QED) is 0.587. The van der Waals surface area contributed by atoms with Gasteiger partial charge in [-0.15, -0.1) is 0 Å². The number of amides is 1. The molecule has 3 N–H and O–H groups in total. The minimum Gasteiger partial charge on any atom is -0.378 e. The number of rotatable bonds is 5. The van der Waals surface area contributed by atoms with Crippen molar-refractivity contribution >= 4 is 28.9 Å². The summed E-state index contributed by atoms with van der Waals surface area (Å²) < 4.78 is 0. The summed E-state index contributed by atoms with van der Waals surface area (Å²) in [4.78, 5) is 35.4. The number of halogens is 1. The predicted molar refractivity (Wildman–Crippen MR) is 110 cm³/mol. The lowest BCUT2D eigenvalue weighted by atomic mass is 10.2. The fraction of sp³-hybridized carbons (Fsp3) is 0.263. The van der Waals surface area contributed by atoms with Crippen molar-refractivity contribution in [2.45, 2.75) is 6.54 Å². The molecular weight excluding hydrogens is 394 g/mol. The third-order valence-corrected chi connectivity index (χ3v) is 5.08. The lowest BCUT2D eigenvalue weighted by molar-refractivity contribution is 0.0746. The van der Waals surface area contributed by atoms with Crippen molar-refractivity contribution < 1.29 is 4.79 Å². The van der Waals surface area contributed by atoms with E-state index in [1.54, 1.807) is 24.5 Å². The van der Waals surface area contributed by atoms with Crippen LogP contribution in [0.3, 0.4) is 0 Å². The number of hydrogen-bond donors (Lipinski definition) is 3. The number of aromatic amines is 2. The molecule has 1 aliphatic heterocycles. The summed E-state index contributed by atoms with van der Waals surface area (Å²) in [7, 11) is 0. The molecule has 0 saturated carbocycles. The molecule has 3 heterocycles.